The van der Waals surface area contributed by atoms with E-state index >= 15 is 0 Å². The Kier molecular flexibility index (Phi) is 4.20. The third-order valence-electron chi connectivity index (χ3n) is 3.81. The molecular formula is C15H18O2S2. The van der Waals surface area contributed by atoms with E-state index in [0.717, 1.165) is 37.1 Å². The molecule has 0 radical (unpaired) electrons. The molecule has 2 nitrogen and oxygen atoms in total. The van der Waals surface area contributed by atoms with Crippen LogP contribution in [0.15, 0.2) is 29.2 Å². The third kappa shape index (κ3) is 3.18. The molecule has 0 N–H and O–H groups in total. The standard InChI is InChI=1S/C15H18O2S2/c16-10-12-2-1-3-13(8-12)19-14-4-6-17-15(9-14)5-7-18-11-15/h1-3,8,10,14H,4-7,9,11H2. The lowest BCUT2D eigenvalue weighted by Gasteiger charge is -2.37. The maximum atomic E-state index is 10.8. The highest BCUT2D eigenvalue weighted by molar-refractivity contribution is 8.00. The molecule has 1 aromatic rings. The minimum atomic E-state index is 0.142. The van der Waals surface area contributed by atoms with Crippen LogP contribution < -0.4 is 0 Å². The van der Waals surface area contributed by atoms with Crippen LogP contribution in [0, 0.1) is 0 Å². The van der Waals surface area contributed by atoms with Gasteiger partial charge in [0.1, 0.15) is 6.29 Å². The molecule has 3 rings (SSSR count). The van der Waals surface area contributed by atoms with Crippen LogP contribution in [0.4, 0.5) is 0 Å². The normalized spacial score (nSPS) is 30.6. The Hall–Kier alpha value is -0.450. The van der Waals surface area contributed by atoms with Gasteiger partial charge < -0.3 is 4.74 Å². The van der Waals surface area contributed by atoms with E-state index in [4.69, 9.17) is 4.74 Å². The van der Waals surface area contributed by atoms with Crippen molar-refractivity contribution in [2.75, 3.05) is 18.1 Å². The van der Waals surface area contributed by atoms with Crippen molar-refractivity contribution in [3.8, 4) is 0 Å². The zero-order valence-corrected chi connectivity index (χ0v) is 12.5. The molecule has 0 bridgehead atoms. The smallest absolute Gasteiger partial charge is 0.150 e. The highest BCUT2D eigenvalue weighted by atomic mass is 32.2. The fourth-order valence-corrected chi connectivity index (χ4v) is 5.53. The van der Waals surface area contributed by atoms with Crippen molar-refractivity contribution in [2.45, 2.75) is 35.0 Å². The summed E-state index contributed by atoms with van der Waals surface area (Å²) in [6, 6.07) is 7.91. The number of thioether (sulfide) groups is 2. The van der Waals surface area contributed by atoms with Crippen LogP contribution in [-0.2, 0) is 4.74 Å². The van der Waals surface area contributed by atoms with Crippen LogP contribution in [0.3, 0.4) is 0 Å². The first kappa shape index (κ1) is 13.5. The molecule has 2 heterocycles. The van der Waals surface area contributed by atoms with Gasteiger partial charge in [0.05, 0.1) is 5.60 Å². The highest BCUT2D eigenvalue weighted by Crippen LogP contribution is 2.43. The fraction of sp³-hybridized carbons (Fsp3) is 0.533. The van der Waals surface area contributed by atoms with Crippen LogP contribution in [0.25, 0.3) is 0 Å². The number of benzene rings is 1. The Bertz CT molecular complexity index is 455. The fourth-order valence-electron chi connectivity index (χ4n) is 2.80. The summed E-state index contributed by atoms with van der Waals surface area (Å²) in [5, 5.41) is 0.620. The van der Waals surface area contributed by atoms with Crippen LogP contribution in [0.5, 0.6) is 0 Å². The summed E-state index contributed by atoms with van der Waals surface area (Å²) in [5.74, 6) is 2.39. The number of carbonyl (C=O) groups is 1. The van der Waals surface area contributed by atoms with Gasteiger partial charge in [-0.25, -0.2) is 0 Å². The molecule has 4 heteroatoms. The second-order valence-corrected chi connectivity index (χ2v) is 7.74. The summed E-state index contributed by atoms with van der Waals surface area (Å²) >= 11 is 3.92. The molecule has 2 saturated heterocycles. The molecule has 2 aliphatic heterocycles. The van der Waals surface area contributed by atoms with Gasteiger partial charge in [-0.05, 0) is 37.1 Å². The quantitative estimate of drug-likeness (QED) is 0.795. The maximum Gasteiger partial charge on any atom is 0.150 e. The SMILES string of the molecule is O=Cc1cccc(SC2CCOC3(CCSC3)C2)c1. The molecule has 19 heavy (non-hydrogen) atoms. The Labute approximate surface area is 122 Å². The van der Waals surface area contributed by atoms with Gasteiger partial charge in [-0.15, -0.1) is 11.8 Å². The number of hydrogen-bond acceptors (Lipinski definition) is 4. The van der Waals surface area contributed by atoms with Gasteiger partial charge in [0.15, 0.2) is 0 Å². The Morgan fingerprint density at radius 1 is 1.47 bits per heavy atom. The Balaban J connectivity index is 1.67. The van der Waals surface area contributed by atoms with E-state index in [0.29, 0.717) is 5.25 Å². The van der Waals surface area contributed by atoms with Crippen LogP contribution >= 0.6 is 23.5 Å². The van der Waals surface area contributed by atoms with Gasteiger partial charge in [-0.3, -0.25) is 4.79 Å². The first-order valence-corrected chi connectivity index (χ1v) is 8.77. The topological polar surface area (TPSA) is 26.3 Å². The molecule has 0 aromatic heterocycles. The lowest BCUT2D eigenvalue weighted by atomic mass is 9.93. The Morgan fingerprint density at radius 3 is 3.21 bits per heavy atom. The number of carbonyl (C=O) groups excluding carboxylic acids is 1. The zero-order chi connectivity index (χ0) is 13.1. The van der Waals surface area contributed by atoms with Crippen molar-refractivity contribution in [3.63, 3.8) is 0 Å². The van der Waals surface area contributed by atoms with Crippen LogP contribution in [0.1, 0.15) is 29.6 Å². The summed E-state index contributed by atoms with van der Waals surface area (Å²) in [7, 11) is 0. The van der Waals surface area contributed by atoms with Gasteiger partial charge in [0.2, 0.25) is 0 Å². The van der Waals surface area contributed by atoms with Crippen molar-refractivity contribution in [2.24, 2.45) is 0 Å². The van der Waals surface area contributed by atoms with E-state index in [1.165, 1.54) is 17.1 Å². The predicted octanol–water partition coefficient (Wildman–Crippen LogP) is 3.65. The maximum absolute atomic E-state index is 10.8. The lowest BCUT2D eigenvalue weighted by Crippen LogP contribution is -2.40. The van der Waals surface area contributed by atoms with Crippen molar-refractivity contribution in [1.29, 1.82) is 0 Å². The van der Waals surface area contributed by atoms with E-state index in [9.17, 15) is 4.79 Å². The average molecular weight is 294 g/mol. The second-order valence-electron chi connectivity index (χ2n) is 5.26. The monoisotopic (exact) mass is 294 g/mol. The minimum absolute atomic E-state index is 0.142. The van der Waals surface area contributed by atoms with E-state index < -0.39 is 0 Å². The summed E-state index contributed by atoms with van der Waals surface area (Å²) in [6.07, 6.45) is 4.38. The molecule has 102 valence electrons. The van der Waals surface area contributed by atoms with Gasteiger partial charge in [-0.1, -0.05) is 12.1 Å². The van der Waals surface area contributed by atoms with Crippen molar-refractivity contribution in [1.82, 2.24) is 0 Å². The summed E-state index contributed by atoms with van der Waals surface area (Å²) < 4.78 is 6.05. The molecule has 2 atom stereocenters. The molecule has 1 spiro atoms. The predicted molar refractivity (Wildman–Crippen MR) is 81.3 cm³/mol. The number of aldehydes is 1. The first-order chi connectivity index (χ1) is 9.30. The van der Waals surface area contributed by atoms with E-state index in [1.807, 2.05) is 41.7 Å². The van der Waals surface area contributed by atoms with Gasteiger partial charge >= 0.3 is 0 Å². The van der Waals surface area contributed by atoms with Crippen molar-refractivity contribution >= 4 is 29.8 Å². The molecule has 2 fully saturated rings. The molecule has 1 aromatic carbocycles. The molecule has 0 amide bonds. The summed E-state index contributed by atoms with van der Waals surface area (Å²) in [4.78, 5) is 12.0. The highest BCUT2D eigenvalue weighted by Gasteiger charge is 2.40. The van der Waals surface area contributed by atoms with Gasteiger partial charge in [0.25, 0.3) is 0 Å². The first-order valence-electron chi connectivity index (χ1n) is 6.73. The molecule has 2 unspecified atom stereocenters. The number of rotatable bonds is 3. The minimum Gasteiger partial charge on any atom is -0.374 e. The third-order valence-corrected chi connectivity index (χ3v) is 6.30. The van der Waals surface area contributed by atoms with Crippen LogP contribution in [0.2, 0.25) is 0 Å². The van der Waals surface area contributed by atoms with Crippen molar-refractivity contribution < 1.29 is 9.53 Å². The summed E-state index contributed by atoms with van der Waals surface area (Å²) in [6.45, 7) is 0.881. The molecule has 0 saturated carbocycles. The largest absolute Gasteiger partial charge is 0.374 e. The number of ether oxygens (including phenoxy) is 1. The lowest BCUT2D eigenvalue weighted by molar-refractivity contribution is -0.0562. The van der Waals surface area contributed by atoms with Gasteiger partial charge in [0, 0.05) is 28.1 Å². The summed E-state index contributed by atoms with van der Waals surface area (Å²) in [5.41, 5.74) is 0.909. The molecule has 0 aliphatic carbocycles. The van der Waals surface area contributed by atoms with E-state index in [2.05, 4.69) is 6.07 Å². The van der Waals surface area contributed by atoms with E-state index in [-0.39, 0.29) is 5.60 Å². The average Bonchev–Trinajstić information content (AvgIpc) is 2.87. The molecule has 2 aliphatic rings. The van der Waals surface area contributed by atoms with Crippen molar-refractivity contribution in [3.05, 3.63) is 29.8 Å². The second kappa shape index (κ2) is 5.90. The van der Waals surface area contributed by atoms with E-state index in [1.54, 1.807) is 0 Å². The number of hydrogen-bond donors (Lipinski definition) is 0. The van der Waals surface area contributed by atoms with Gasteiger partial charge in [-0.2, -0.15) is 11.8 Å². The van der Waals surface area contributed by atoms with Crippen LogP contribution in [-0.4, -0.2) is 35.2 Å². The molecular weight excluding hydrogens is 276 g/mol. The zero-order valence-electron chi connectivity index (χ0n) is 10.8. The Morgan fingerprint density at radius 2 is 2.42 bits per heavy atom.